The number of rotatable bonds is 13. The quantitative estimate of drug-likeness (QED) is 0.419. The van der Waals surface area contributed by atoms with Crippen molar-refractivity contribution in [1.82, 2.24) is 10.2 Å². The molecule has 10 nitrogen and oxygen atoms in total. The molecule has 2 aromatic rings. The van der Waals surface area contributed by atoms with Gasteiger partial charge in [-0.25, -0.2) is 8.42 Å². The Morgan fingerprint density at radius 1 is 0.919 bits per heavy atom. The van der Waals surface area contributed by atoms with Crippen LogP contribution in [-0.4, -0.2) is 71.8 Å². The lowest BCUT2D eigenvalue weighted by atomic mass is 10.1. The third-order valence-electron chi connectivity index (χ3n) is 5.70. The molecule has 0 unspecified atom stereocenters. The summed E-state index contributed by atoms with van der Waals surface area (Å²) >= 11 is 0. The van der Waals surface area contributed by atoms with Crippen LogP contribution in [0.4, 0.5) is 5.69 Å². The van der Waals surface area contributed by atoms with Gasteiger partial charge in [-0.3, -0.25) is 13.9 Å². The molecule has 0 radical (unpaired) electrons. The van der Waals surface area contributed by atoms with Crippen LogP contribution in [0.5, 0.6) is 17.2 Å². The second-order valence-corrected chi connectivity index (χ2v) is 10.9. The molecule has 0 aliphatic heterocycles. The van der Waals surface area contributed by atoms with Crippen molar-refractivity contribution in [3.63, 3.8) is 0 Å². The topological polar surface area (TPSA) is 114 Å². The molecule has 0 bridgehead atoms. The minimum Gasteiger partial charge on any atom is -0.497 e. The van der Waals surface area contributed by atoms with Gasteiger partial charge in [0.05, 0.1) is 33.3 Å². The molecule has 11 heteroatoms. The van der Waals surface area contributed by atoms with E-state index in [4.69, 9.17) is 14.2 Å². The zero-order valence-electron chi connectivity index (χ0n) is 22.5. The van der Waals surface area contributed by atoms with Crippen LogP contribution in [0.2, 0.25) is 0 Å². The summed E-state index contributed by atoms with van der Waals surface area (Å²) in [5.41, 5.74) is 0.990. The monoisotopic (exact) mass is 535 g/mol. The highest BCUT2D eigenvalue weighted by atomic mass is 32.2. The maximum atomic E-state index is 13.6. The number of sulfonamides is 1. The molecule has 0 heterocycles. The summed E-state index contributed by atoms with van der Waals surface area (Å²) in [6.07, 6.45) is 1.02. The van der Waals surface area contributed by atoms with Crippen molar-refractivity contribution in [2.24, 2.45) is 5.92 Å². The van der Waals surface area contributed by atoms with Crippen LogP contribution in [0.25, 0.3) is 0 Å². The first kappa shape index (κ1) is 29.8. The van der Waals surface area contributed by atoms with E-state index in [1.54, 1.807) is 44.4 Å². The highest BCUT2D eigenvalue weighted by molar-refractivity contribution is 7.92. The van der Waals surface area contributed by atoms with Gasteiger partial charge in [0, 0.05) is 19.2 Å². The minimum atomic E-state index is -3.87. The Kier molecular flexibility index (Phi) is 10.6. The molecule has 2 rings (SSSR count). The number of methoxy groups -OCH3 is 3. The molecule has 1 N–H and O–H groups in total. The van der Waals surface area contributed by atoms with Crippen LogP contribution < -0.4 is 23.8 Å². The number of anilines is 1. The average molecular weight is 536 g/mol. The van der Waals surface area contributed by atoms with Gasteiger partial charge >= 0.3 is 0 Å². The Morgan fingerprint density at radius 3 is 2.05 bits per heavy atom. The lowest BCUT2D eigenvalue weighted by Gasteiger charge is -2.31. The fourth-order valence-corrected chi connectivity index (χ4v) is 4.40. The lowest BCUT2D eigenvalue weighted by Crippen LogP contribution is -2.51. The van der Waals surface area contributed by atoms with Crippen LogP contribution in [0.3, 0.4) is 0 Å². The van der Waals surface area contributed by atoms with E-state index >= 15 is 0 Å². The zero-order valence-corrected chi connectivity index (χ0v) is 23.3. The number of hydrogen-bond donors (Lipinski definition) is 1. The van der Waals surface area contributed by atoms with Crippen molar-refractivity contribution >= 4 is 27.5 Å². The fourth-order valence-electron chi connectivity index (χ4n) is 3.56. The van der Waals surface area contributed by atoms with E-state index in [1.807, 2.05) is 13.8 Å². The number of amides is 2. The highest BCUT2D eigenvalue weighted by Gasteiger charge is 2.30. The van der Waals surface area contributed by atoms with Crippen LogP contribution in [0, 0.1) is 5.92 Å². The van der Waals surface area contributed by atoms with E-state index in [0.717, 1.165) is 16.1 Å². The van der Waals surface area contributed by atoms with Gasteiger partial charge in [0.1, 0.15) is 18.3 Å². The van der Waals surface area contributed by atoms with Gasteiger partial charge in [0.25, 0.3) is 0 Å². The summed E-state index contributed by atoms with van der Waals surface area (Å²) in [6.45, 7) is 5.61. The number of nitrogens with zero attached hydrogens (tertiary/aromatic N) is 2. The molecule has 0 spiro atoms. The third-order valence-corrected chi connectivity index (χ3v) is 6.84. The van der Waals surface area contributed by atoms with E-state index in [1.165, 1.54) is 31.3 Å². The largest absolute Gasteiger partial charge is 0.497 e. The SMILES string of the molecule is COc1ccc(CN(C(=O)CN(c2ccc(OC)c(OC)c2)S(C)(=O)=O)[C@@H](C)C(=O)NCC(C)C)cc1. The number of carbonyl (C=O) groups is 2. The maximum absolute atomic E-state index is 13.6. The molecule has 0 aliphatic rings. The predicted molar refractivity (Wildman–Crippen MR) is 143 cm³/mol. The normalized spacial score (nSPS) is 12.0. The molecule has 1 atom stereocenters. The first-order valence-electron chi connectivity index (χ1n) is 11.8. The first-order chi connectivity index (χ1) is 17.4. The van der Waals surface area contributed by atoms with Crippen molar-refractivity contribution in [2.45, 2.75) is 33.4 Å². The molecule has 0 fully saturated rings. The molecular weight excluding hydrogens is 498 g/mol. The van der Waals surface area contributed by atoms with Crippen LogP contribution >= 0.6 is 0 Å². The summed E-state index contributed by atoms with van der Waals surface area (Å²) in [5, 5.41) is 2.85. The average Bonchev–Trinajstić information content (AvgIpc) is 2.87. The van der Waals surface area contributed by atoms with E-state index in [9.17, 15) is 18.0 Å². The van der Waals surface area contributed by atoms with E-state index < -0.39 is 28.5 Å². The number of carbonyl (C=O) groups excluding carboxylic acids is 2. The Morgan fingerprint density at radius 2 is 1.54 bits per heavy atom. The summed E-state index contributed by atoms with van der Waals surface area (Å²) in [4.78, 5) is 27.9. The predicted octanol–water partition coefficient (Wildman–Crippen LogP) is 2.67. The molecule has 2 amide bonds. The highest BCUT2D eigenvalue weighted by Crippen LogP contribution is 2.32. The Labute approximate surface area is 219 Å². The molecule has 0 saturated heterocycles. The summed E-state index contributed by atoms with van der Waals surface area (Å²) in [6, 6.07) is 10.8. The van der Waals surface area contributed by atoms with Crippen LogP contribution in [-0.2, 0) is 26.2 Å². The summed E-state index contributed by atoms with van der Waals surface area (Å²) in [7, 11) is 0.594. The standard InChI is InChI=1S/C26H37N3O7S/c1-18(2)15-27-26(31)19(3)28(16-20-8-11-22(34-4)12-9-20)25(30)17-29(37(7,32)33)21-10-13-23(35-5)24(14-21)36-6/h8-14,18-19H,15-17H2,1-7H3,(H,27,31)/t19-/m0/s1. The van der Waals surface area contributed by atoms with E-state index in [0.29, 0.717) is 23.8 Å². The van der Waals surface area contributed by atoms with Crippen molar-refractivity contribution in [2.75, 3.05) is 45.0 Å². The van der Waals surface area contributed by atoms with Crippen molar-refractivity contribution in [1.29, 1.82) is 0 Å². The van der Waals surface area contributed by atoms with E-state index in [-0.39, 0.29) is 24.1 Å². The second kappa shape index (κ2) is 13.2. The summed E-state index contributed by atoms with van der Waals surface area (Å²) < 4.78 is 42.2. The smallest absolute Gasteiger partial charge is 0.244 e. The van der Waals surface area contributed by atoms with Gasteiger partial charge < -0.3 is 24.4 Å². The number of hydrogen-bond acceptors (Lipinski definition) is 7. The van der Waals surface area contributed by atoms with Crippen LogP contribution in [0.15, 0.2) is 42.5 Å². The van der Waals surface area contributed by atoms with Gasteiger partial charge in [-0.05, 0) is 42.7 Å². The van der Waals surface area contributed by atoms with Gasteiger partial charge in [-0.2, -0.15) is 0 Å². The van der Waals surface area contributed by atoms with Gasteiger partial charge in [-0.15, -0.1) is 0 Å². The summed E-state index contributed by atoms with van der Waals surface area (Å²) in [5.74, 6) is 0.754. The van der Waals surface area contributed by atoms with Crippen LogP contribution in [0.1, 0.15) is 26.3 Å². The zero-order chi connectivity index (χ0) is 27.8. The number of nitrogens with one attached hydrogen (secondary N) is 1. The van der Waals surface area contributed by atoms with Gasteiger partial charge in [0.15, 0.2) is 11.5 Å². The molecule has 204 valence electrons. The molecule has 0 aromatic heterocycles. The van der Waals surface area contributed by atoms with Crippen molar-refractivity contribution in [3.8, 4) is 17.2 Å². The van der Waals surface area contributed by atoms with Crippen molar-refractivity contribution in [3.05, 3.63) is 48.0 Å². The fraction of sp³-hybridized carbons (Fsp3) is 0.462. The van der Waals surface area contributed by atoms with E-state index in [2.05, 4.69) is 5.32 Å². The molecule has 2 aromatic carbocycles. The van der Waals surface area contributed by atoms with Crippen molar-refractivity contribution < 1.29 is 32.2 Å². The second-order valence-electron chi connectivity index (χ2n) is 8.99. The van der Waals surface area contributed by atoms with Gasteiger partial charge in [0.2, 0.25) is 21.8 Å². The number of ether oxygens (including phenoxy) is 3. The first-order valence-corrected chi connectivity index (χ1v) is 13.7. The van der Waals surface area contributed by atoms with Gasteiger partial charge in [-0.1, -0.05) is 26.0 Å². The Balaban J connectivity index is 2.41. The third kappa shape index (κ3) is 8.28. The number of benzene rings is 2. The Bertz CT molecular complexity index is 1170. The Hall–Kier alpha value is -3.47. The lowest BCUT2D eigenvalue weighted by molar-refractivity contribution is -0.139. The molecule has 37 heavy (non-hydrogen) atoms. The molecule has 0 aliphatic carbocycles. The molecule has 0 saturated carbocycles. The minimum absolute atomic E-state index is 0.0998. The molecular formula is C26H37N3O7S. The maximum Gasteiger partial charge on any atom is 0.244 e.